The maximum Gasteiger partial charge on any atom is 0.310 e. The smallest absolute Gasteiger partial charge is 0.310 e. The lowest BCUT2D eigenvalue weighted by atomic mass is 9.53. The first-order valence-electron chi connectivity index (χ1n) is 11.7. The van der Waals surface area contributed by atoms with Gasteiger partial charge in [0.1, 0.15) is 6.10 Å². The molecule has 170 valence electrons. The van der Waals surface area contributed by atoms with Crippen molar-refractivity contribution in [2.24, 2.45) is 23.2 Å². The van der Waals surface area contributed by atoms with Gasteiger partial charge in [0.2, 0.25) is 0 Å². The van der Waals surface area contributed by atoms with Gasteiger partial charge in [0, 0.05) is 12.5 Å². The average Bonchev–Trinajstić information content (AvgIpc) is 3.46. The van der Waals surface area contributed by atoms with Crippen LogP contribution in [0.1, 0.15) is 44.6 Å². The summed E-state index contributed by atoms with van der Waals surface area (Å²) in [5.74, 6) is 2.32. The summed E-state index contributed by atoms with van der Waals surface area (Å²) in [5.41, 5.74) is 1.54. The summed E-state index contributed by atoms with van der Waals surface area (Å²) in [7, 11) is 3.30. The van der Waals surface area contributed by atoms with E-state index in [1.807, 2.05) is 12.1 Å². The fourth-order valence-electron chi connectivity index (χ4n) is 6.72. The Hall–Kier alpha value is -1.79. The van der Waals surface area contributed by atoms with E-state index < -0.39 is 0 Å². The lowest BCUT2D eigenvalue weighted by Crippen LogP contribution is -2.51. The van der Waals surface area contributed by atoms with Crippen LogP contribution in [0, 0.1) is 23.2 Å². The number of hydrogen-bond acceptors (Lipinski definition) is 6. The fraction of sp³-hybridized carbons (Fsp3) is 0.720. The van der Waals surface area contributed by atoms with Gasteiger partial charge in [-0.15, -0.1) is 0 Å². The molecule has 1 aromatic rings. The highest BCUT2D eigenvalue weighted by molar-refractivity contribution is 5.75. The molecule has 4 aliphatic rings. The third-order valence-electron chi connectivity index (χ3n) is 8.48. The van der Waals surface area contributed by atoms with Crippen molar-refractivity contribution in [3.63, 3.8) is 0 Å². The highest BCUT2D eigenvalue weighted by Crippen LogP contribution is 2.62. The molecule has 2 heterocycles. The van der Waals surface area contributed by atoms with Gasteiger partial charge < -0.3 is 24.3 Å². The van der Waals surface area contributed by atoms with Gasteiger partial charge in [-0.3, -0.25) is 4.79 Å². The number of methoxy groups -OCH3 is 2. The van der Waals surface area contributed by atoms with Crippen molar-refractivity contribution in [2.45, 2.75) is 57.2 Å². The second-order valence-corrected chi connectivity index (χ2v) is 10.2. The number of rotatable bonds is 7. The van der Waals surface area contributed by atoms with Crippen LogP contribution in [0.4, 0.5) is 0 Å². The zero-order valence-electron chi connectivity index (χ0n) is 18.9. The molecule has 0 aromatic heterocycles. The Morgan fingerprint density at radius 1 is 1.19 bits per heavy atom. The molecule has 2 aliphatic heterocycles. The number of fused-ring (bicyclic) bond motifs is 3. The third-order valence-corrected chi connectivity index (χ3v) is 8.48. The number of ether oxygens (including phenoxy) is 4. The zero-order valence-corrected chi connectivity index (χ0v) is 18.9. The van der Waals surface area contributed by atoms with E-state index in [1.165, 1.54) is 24.8 Å². The van der Waals surface area contributed by atoms with Crippen molar-refractivity contribution >= 4 is 5.97 Å². The van der Waals surface area contributed by atoms with E-state index in [2.05, 4.69) is 18.3 Å². The first-order valence-corrected chi connectivity index (χ1v) is 11.7. The van der Waals surface area contributed by atoms with Crippen LogP contribution in [0.5, 0.6) is 11.5 Å². The summed E-state index contributed by atoms with van der Waals surface area (Å²) in [5, 5.41) is 3.52. The van der Waals surface area contributed by atoms with Gasteiger partial charge in [0.15, 0.2) is 11.5 Å². The molecule has 6 heteroatoms. The SMILES string of the molecule is COc1ccc(CCNCC2C(=O)OC3CC4(C)CCCC5(CO5)C4CC32)cc1OC. The van der Waals surface area contributed by atoms with E-state index >= 15 is 0 Å². The molecule has 4 fully saturated rings. The van der Waals surface area contributed by atoms with Crippen LogP contribution < -0.4 is 14.8 Å². The predicted octanol–water partition coefficient (Wildman–Crippen LogP) is 3.36. The molecule has 2 aliphatic carbocycles. The second kappa shape index (κ2) is 7.96. The normalized spacial score (nSPS) is 38.4. The average molecular weight is 430 g/mol. The van der Waals surface area contributed by atoms with E-state index in [1.54, 1.807) is 14.2 Å². The van der Waals surface area contributed by atoms with E-state index in [0.717, 1.165) is 43.9 Å². The minimum absolute atomic E-state index is 0.0124. The Balaban J connectivity index is 1.18. The topological polar surface area (TPSA) is 69.3 Å². The molecule has 1 aromatic carbocycles. The number of hydrogen-bond donors (Lipinski definition) is 1. The molecular weight excluding hydrogens is 394 g/mol. The summed E-state index contributed by atoms with van der Waals surface area (Å²) in [6, 6.07) is 6.01. The third kappa shape index (κ3) is 3.72. The molecule has 6 atom stereocenters. The molecular formula is C25H35NO5. The highest BCUT2D eigenvalue weighted by Gasteiger charge is 2.64. The van der Waals surface area contributed by atoms with E-state index in [4.69, 9.17) is 18.9 Å². The first kappa shape index (κ1) is 21.1. The van der Waals surface area contributed by atoms with Gasteiger partial charge in [-0.05, 0) is 74.1 Å². The number of esters is 1. The van der Waals surface area contributed by atoms with Crippen LogP contribution in [0.2, 0.25) is 0 Å². The standard InChI is InChI=1S/C25H35NO5/c1-24-8-4-9-25(15-30-25)22(24)12-17-18(23(27)31-21(17)13-24)14-26-10-7-16-5-6-19(28-2)20(11-16)29-3/h5-6,11,17-18,21-22,26H,4,7-10,12-15H2,1-3H3. The van der Waals surface area contributed by atoms with Crippen molar-refractivity contribution < 1.29 is 23.7 Å². The summed E-state index contributed by atoms with van der Waals surface area (Å²) < 4.78 is 22.6. The number of carbonyl (C=O) groups excluding carboxylic acids is 1. The monoisotopic (exact) mass is 429 g/mol. The number of epoxide rings is 1. The summed E-state index contributed by atoms with van der Waals surface area (Å²) in [6.07, 6.45) is 6.68. The van der Waals surface area contributed by atoms with Crippen molar-refractivity contribution in [2.75, 3.05) is 33.9 Å². The Labute approximate surface area is 185 Å². The highest BCUT2D eigenvalue weighted by atomic mass is 16.6. The molecule has 1 spiro atoms. The zero-order chi connectivity index (χ0) is 21.6. The van der Waals surface area contributed by atoms with Gasteiger partial charge in [0.25, 0.3) is 0 Å². The molecule has 1 N–H and O–H groups in total. The minimum Gasteiger partial charge on any atom is -0.493 e. The second-order valence-electron chi connectivity index (χ2n) is 10.2. The Morgan fingerprint density at radius 3 is 2.74 bits per heavy atom. The predicted molar refractivity (Wildman–Crippen MR) is 116 cm³/mol. The van der Waals surface area contributed by atoms with Crippen molar-refractivity contribution in [1.82, 2.24) is 5.32 Å². The molecule has 0 bridgehead atoms. The fourth-order valence-corrected chi connectivity index (χ4v) is 6.72. The van der Waals surface area contributed by atoms with Crippen LogP contribution in [-0.2, 0) is 20.7 Å². The lowest BCUT2D eigenvalue weighted by molar-refractivity contribution is -0.147. The Morgan fingerprint density at radius 2 is 2.00 bits per heavy atom. The van der Waals surface area contributed by atoms with Crippen molar-refractivity contribution in [3.05, 3.63) is 23.8 Å². The van der Waals surface area contributed by atoms with E-state index in [0.29, 0.717) is 18.4 Å². The summed E-state index contributed by atoms with van der Waals surface area (Å²) in [6.45, 7) is 4.81. The van der Waals surface area contributed by atoms with Gasteiger partial charge in [-0.25, -0.2) is 0 Å². The molecule has 0 radical (unpaired) electrons. The van der Waals surface area contributed by atoms with Gasteiger partial charge in [-0.1, -0.05) is 13.0 Å². The van der Waals surface area contributed by atoms with Crippen molar-refractivity contribution in [3.8, 4) is 11.5 Å². The Kier molecular flexibility index (Phi) is 5.41. The van der Waals surface area contributed by atoms with Gasteiger partial charge >= 0.3 is 5.97 Å². The number of carbonyl (C=O) groups is 1. The molecule has 2 saturated heterocycles. The van der Waals surface area contributed by atoms with Crippen LogP contribution >= 0.6 is 0 Å². The summed E-state index contributed by atoms with van der Waals surface area (Å²) >= 11 is 0. The first-order chi connectivity index (χ1) is 15.0. The van der Waals surface area contributed by atoms with Crippen molar-refractivity contribution in [1.29, 1.82) is 0 Å². The van der Waals surface area contributed by atoms with Crippen LogP contribution in [-0.4, -0.2) is 51.6 Å². The van der Waals surface area contributed by atoms with Gasteiger partial charge in [0.05, 0.1) is 32.3 Å². The quantitative estimate of drug-likeness (QED) is 0.407. The molecule has 6 unspecified atom stereocenters. The Bertz CT molecular complexity index is 837. The molecule has 2 saturated carbocycles. The maximum absolute atomic E-state index is 12.7. The minimum atomic E-state index is -0.0438. The largest absolute Gasteiger partial charge is 0.493 e. The molecule has 31 heavy (non-hydrogen) atoms. The van der Waals surface area contributed by atoms with E-state index in [-0.39, 0.29) is 29.0 Å². The van der Waals surface area contributed by atoms with Crippen LogP contribution in [0.3, 0.4) is 0 Å². The lowest BCUT2D eigenvalue weighted by Gasteiger charge is -2.51. The van der Waals surface area contributed by atoms with E-state index in [9.17, 15) is 4.79 Å². The molecule has 0 amide bonds. The van der Waals surface area contributed by atoms with Gasteiger partial charge in [-0.2, -0.15) is 0 Å². The molecule has 5 rings (SSSR count). The number of benzene rings is 1. The maximum atomic E-state index is 12.7. The molecule has 6 nitrogen and oxygen atoms in total. The summed E-state index contributed by atoms with van der Waals surface area (Å²) in [4.78, 5) is 12.7. The van der Waals surface area contributed by atoms with Crippen LogP contribution in [0.25, 0.3) is 0 Å². The van der Waals surface area contributed by atoms with Crippen LogP contribution in [0.15, 0.2) is 18.2 Å². The number of nitrogens with one attached hydrogen (secondary N) is 1.